The smallest absolute Gasteiger partial charge is 0.247 e. The van der Waals surface area contributed by atoms with Crippen molar-refractivity contribution in [1.29, 1.82) is 0 Å². The second-order valence-corrected chi connectivity index (χ2v) is 4.94. The quantitative estimate of drug-likeness (QED) is 0.892. The summed E-state index contributed by atoms with van der Waals surface area (Å²) in [5.74, 6) is -0.128. The zero-order chi connectivity index (χ0) is 13.3. The highest BCUT2D eigenvalue weighted by Gasteiger charge is 2.33. The van der Waals surface area contributed by atoms with Crippen LogP contribution in [0.4, 0.5) is 5.69 Å². The van der Waals surface area contributed by atoms with Crippen LogP contribution in [-0.2, 0) is 9.59 Å². The Hall–Kier alpha value is -1.55. The van der Waals surface area contributed by atoms with E-state index in [4.69, 9.17) is 11.6 Å². The normalized spacial score (nSPS) is 19.2. The van der Waals surface area contributed by atoms with Gasteiger partial charge in [-0.2, -0.15) is 0 Å². The van der Waals surface area contributed by atoms with Crippen LogP contribution in [0.15, 0.2) is 18.2 Å². The molecule has 1 heterocycles. The van der Waals surface area contributed by atoms with Gasteiger partial charge in [-0.25, -0.2) is 0 Å². The van der Waals surface area contributed by atoms with Crippen molar-refractivity contribution >= 4 is 29.1 Å². The van der Waals surface area contributed by atoms with Gasteiger partial charge in [0.25, 0.3) is 0 Å². The molecule has 1 N–H and O–H groups in total. The standard InChI is InChI=1S/C13H15ClN2O2/c1-8-7-9(14)3-4-10(8)15-13(18)11-5-6-12(17)16(11)2/h3-4,7,11H,5-6H2,1-2H3,(H,15,18). The van der Waals surface area contributed by atoms with Crippen molar-refractivity contribution in [1.82, 2.24) is 4.90 Å². The van der Waals surface area contributed by atoms with E-state index in [1.807, 2.05) is 6.92 Å². The number of rotatable bonds is 2. The SMILES string of the molecule is Cc1cc(Cl)ccc1NC(=O)C1CCC(=O)N1C. The molecule has 0 aromatic heterocycles. The first-order chi connectivity index (χ1) is 8.49. The van der Waals surface area contributed by atoms with Crippen LogP contribution < -0.4 is 5.32 Å². The van der Waals surface area contributed by atoms with Crippen molar-refractivity contribution in [3.8, 4) is 0 Å². The number of benzene rings is 1. The summed E-state index contributed by atoms with van der Waals surface area (Å²) in [4.78, 5) is 25.0. The van der Waals surface area contributed by atoms with E-state index in [1.54, 1.807) is 25.2 Å². The van der Waals surface area contributed by atoms with Crippen LogP contribution in [0.1, 0.15) is 18.4 Å². The number of nitrogens with zero attached hydrogens (tertiary/aromatic N) is 1. The lowest BCUT2D eigenvalue weighted by Crippen LogP contribution is -2.39. The first kappa shape index (κ1) is 12.9. The molecular formula is C13H15ClN2O2. The molecule has 1 fully saturated rings. The fraction of sp³-hybridized carbons (Fsp3) is 0.385. The highest BCUT2D eigenvalue weighted by atomic mass is 35.5. The van der Waals surface area contributed by atoms with E-state index < -0.39 is 0 Å². The van der Waals surface area contributed by atoms with Gasteiger partial charge in [0.1, 0.15) is 6.04 Å². The van der Waals surface area contributed by atoms with E-state index >= 15 is 0 Å². The number of hydrogen-bond acceptors (Lipinski definition) is 2. The zero-order valence-corrected chi connectivity index (χ0v) is 11.1. The summed E-state index contributed by atoms with van der Waals surface area (Å²) in [6.07, 6.45) is 1.02. The number of anilines is 1. The lowest BCUT2D eigenvalue weighted by atomic mass is 10.1. The van der Waals surface area contributed by atoms with Gasteiger partial charge in [0.2, 0.25) is 11.8 Å². The van der Waals surface area contributed by atoms with Crippen LogP contribution in [0.2, 0.25) is 5.02 Å². The van der Waals surface area contributed by atoms with Crippen molar-refractivity contribution < 1.29 is 9.59 Å². The lowest BCUT2D eigenvalue weighted by molar-refractivity contribution is -0.131. The third kappa shape index (κ3) is 2.48. The molecular weight excluding hydrogens is 252 g/mol. The highest BCUT2D eigenvalue weighted by Crippen LogP contribution is 2.22. The number of aryl methyl sites for hydroxylation is 1. The zero-order valence-electron chi connectivity index (χ0n) is 10.4. The molecule has 1 atom stereocenters. The Morgan fingerprint density at radius 2 is 2.22 bits per heavy atom. The molecule has 96 valence electrons. The van der Waals surface area contributed by atoms with Crippen molar-refractivity contribution in [2.24, 2.45) is 0 Å². The number of likely N-dealkylation sites (N-methyl/N-ethyl adjacent to an activating group) is 1. The van der Waals surface area contributed by atoms with Gasteiger partial charge in [0.15, 0.2) is 0 Å². The number of amides is 2. The highest BCUT2D eigenvalue weighted by molar-refractivity contribution is 6.30. The van der Waals surface area contributed by atoms with Crippen LogP contribution in [0.3, 0.4) is 0 Å². The van der Waals surface area contributed by atoms with Crippen LogP contribution in [0.5, 0.6) is 0 Å². The van der Waals surface area contributed by atoms with Crippen molar-refractivity contribution in [2.45, 2.75) is 25.8 Å². The Bertz CT molecular complexity index is 502. The van der Waals surface area contributed by atoms with Gasteiger partial charge in [0, 0.05) is 24.2 Å². The Morgan fingerprint density at radius 1 is 1.50 bits per heavy atom. The molecule has 1 unspecified atom stereocenters. The summed E-state index contributed by atoms with van der Waals surface area (Å²) in [5.41, 5.74) is 1.64. The number of carbonyl (C=O) groups is 2. The number of likely N-dealkylation sites (tertiary alicyclic amines) is 1. The van der Waals surface area contributed by atoms with Crippen molar-refractivity contribution in [3.05, 3.63) is 28.8 Å². The maximum absolute atomic E-state index is 12.1. The summed E-state index contributed by atoms with van der Waals surface area (Å²) in [6, 6.07) is 4.92. The van der Waals surface area contributed by atoms with Crippen LogP contribution in [-0.4, -0.2) is 29.8 Å². The summed E-state index contributed by atoms with van der Waals surface area (Å²) in [5, 5.41) is 3.48. The van der Waals surface area contributed by atoms with Gasteiger partial charge in [-0.15, -0.1) is 0 Å². The van der Waals surface area contributed by atoms with Gasteiger partial charge < -0.3 is 10.2 Å². The second-order valence-electron chi connectivity index (χ2n) is 4.51. The van der Waals surface area contributed by atoms with Gasteiger partial charge in [-0.1, -0.05) is 11.6 Å². The van der Waals surface area contributed by atoms with E-state index in [1.165, 1.54) is 4.90 Å². The van der Waals surface area contributed by atoms with Gasteiger partial charge in [0.05, 0.1) is 0 Å². The molecule has 0 radical (unpaired) electrons. The average molecular weight is 267 g/mol. The number of hydrogen-bond donors (Lipinski definition) is 1. The van der Waals surface area contributed by atoms with E-state index in [0.717, 1.165) is 11.3 Å². The molecule has 5 heteroatoms. The molecule has 4 nitrogen and oxygen atoms in total. The van der Waals surface area contributed by atoms with Gasteiger partial charge in [-0.05, 0) is 37.1 Å². The summed E-state index contributed by atoms with van der Waals surface area (Å²) >= 11 is 5.86. The molecule has 1 saturated heterocycles. The Morgan fingerprint density at radius 3 is 2.78 bits per heavy atom. The average Bonchev–Trinajstić information content (AvgIpc) is 2.64. The first-order valence-electron chi connectivity index (χ1n) is 5.81. The molecule has 18 heavy (non-hydrogen) atoms. The monoisotopic (exact) mass is 266 g/mol. The predicted molar refractivity (Wildman–Crippen MR) is 70.6 cm³/mol. The Kier molecular flexibility index (Phi) is 3.57. The summed E-state index contributed by atoms with van der Waals surface area (Å²) in [7, 11) is 1.66. The van der Waals surface area contributed by atoms with Gasteiger partial charge in [-0.3, -0.25) is 9.59 Å². The van der Waals surface area contributed by atoms with Crippen LogP contribution in [0.25, 0.3) is 0 Å². The summed E-state index contributed by atoms with van der Waals surface area (Å²) in [6.45, 7) is 1.88. The minimum Gasteiger partial charge on any atom is -0.334 e. The minimum absolute atomic E-state index is 0.0166. The number of carbonyl (C=O) groups excluding carboxylic acids is 2. The maximum Gasteiger partial charge on any atom is 0.247 e. The first-order valence-corrected chi connectivity index (χ1v) is 6.19. The molecule has 1 aromatic carbocycles. The number of nitrogens with one attached hydrogen (secondary N) is 1. The molecule has 1 aliphatic heterocycles. The molecule has 0 spiro atoms. The molecule has 1 aromatic rings. The fourth-order valence-corrected chi connectivity index (χ4v) is 2.32. The molecule has 0 bridgehead atoms. The molecule has 2 rings (SSSR count). The largest absolute Gasteiger partial charge is 0.334 e. The van der Waals surface area contributed by atoms with E-state index in [-0.39, 0.29) is 17.9 Å². The molecule has 0 aliphatic carbocycles. The molecule has 1 aliphatic rings. The maximum atomic E-state index is 12.1. The third-order valence-corrected chi connectivity index (χ3v) is 3.48. The topological polar surface area (TPSA) is 49.4 Å². The summed E-state index contributed by atoms with van der Waals surface area (Å²) < 4.78 is 0. The van der Waals surface area contributed by atoms with E-state index in [2.05, 4.69) is 5.32 Å². The predicted octanol–water partition coefficient (Wildman–Crippen LogP) is 2.21. The van der Waals surface area contributed by atoms with Gasteiger partial charge >= 0.3 is 0 Å². The third-order valence-electron chi connectivity index (χ3n) is 3.24. The molecule has 2 amide bonds. The van der Waals surface area contributed by atoms with Crippen molar-refractivity contribution in [3.63, 3.8) is 0 Å². The van der Waals surface area contributed by atoms with E-state index in [0.29, 0.717) is 17.9 Å². The second kappa shape index (κ2) is 4.98. The Balaban J connectivity index is 2.10. The Labute approximate surface area is 111 Å². The number of halogens is 1. The molecule has 0 saturated carbocycles. The van der Waals surface area contributed by atoms with Crippen LogP contribution >= 0.6 is 11.6 Å². The van der Waals surface area contributed by atoms with Crippen LogP contribution in [0, 0.1) is 6.92 Å². The minimum atomic E-state index is -0.368. The fourth-order valence-electron chi connectivity index (χ4n) is 2.09. The van der Waals surface area contributed by atoms with Crippen molar-refractivity contribution in [2.75, 3.05) is 12.4 Å². The van der Waals surface area contributed by atoms with E-state index in [9.17, 15) is 9.59 Å². The lowest BCUT2D eigenvalue weighted by Gasteiger charge is -2.19.